The van der Waals surface area contributed by atoms with Gasteiger partial charge in [-0.05, 0) is 32.4 Å². The third kappa shape index (κ3) is 4.65. The van der Waals surface area contributed by atoms with Gasteiger partial charge in [-0.15, -0.1) is 0 Å². The minimum Gasteiger partial charge on any atom is -0.464 e. The Morgan fingerprint density at radius 3 is 2.93 bits per heavy atom. The first-order valence-electron chi connectivity index (χ1n) is 6.11. The van der Waals surface area contributed by atoms with Crippen molar-refractivity contribution in [2.75, 3.05) is 19.7 Å². The van der Waals surface area contributed by atoms with Crippen LogP contribution in [0.15, 0.2) is 0 Å². The summed E-state index contributed by atoms with van der Waals surface area (Å²) in [5.41, 5.74) is 0. The van der Waals surface area contributed by atoms with Gasteiger partial charge in [0.2, 0.25) is 0 Å². The minimum atomic E-state index is -0.156. The molecule has 1 heterocycles. The van der Waals surface area contributed by atoms with Gasteiger partial charge in [0, 0.05) is 13.0 Å². The number of unbranched alkanes of at least 4 members (excludes halogenated alkanes) is 1. The molecule has 88 valence electrons. The molecule has 0 bridgehead atoms. The standard InChI is InChI=1S/C12H23NO2/c1-3-4-8-13-9-6-5-7-12(13)10-15-11(2)14/h12H,3-10H2,1-2H3. The maximum Gasteiger partial charge on any atom is 0.302 e. The Balaban J connectivity index is 2.32. The molecule has 1 aliphatic heterocycles. The van der Waals surface area contributed by atoms with Gasteiger partial charge >= 0.3 is 5.97 Å². The molecule has 0 aliphatic carbocycles. The van der Waals surface area contributed by atoms with E-state index in [2.05, 4.69) is 11.8 Å². The number of esters is 1. The molecule has 0 aromatic carbocycles. The average molecular weight is 213 g/mol. The van der Waals surface area contributed by atoms with Gasteiger partial charge in [-0.25, -0.2) is 0 Å². The number of rotatable bonds is 5. The molecule has 0 aromatic heterocycles. The normalized spacial score (nSPS) is 22.7. The number of carbonyl (C=O) groups excluding carboxylic acids is 1. The van der Waals surface area contributed by atoms with E-state index < -0.39 is 0 Å². The highest BCUT2D eigenvalue weighted by molar-refractivity contribution is 5.65. The first kappa shape index (κ1) is 12.5. The van der Waals surface area contributed by atoms with E-state index in [0.717, 1.165) is 6.54 Å². The summed E-state index contributed by atoms with van der Waals surface area (Å²) in [6, 6.07) is 0.467. The van der Waals surface area contributed by atoms with E-state index in [1.807, 2.05) is 0 Å². The third-order valence-electron chi connectivity index (χ3n) is 3.03. The van der Waals surface area contributed by atoms with Crippen molar-refractivity contribution in [3.63, 3.8) is 0 Å². The second kappa shape index (κ2) is 6.83. The molecule has 0 N–H and O–H groups in total. The fraction of sp³-hybridized carbons (Fsp3) is 0.917. The second-order valence-electron chi connectivity index (χ2n) is 4.34. The minimum absolute atomic E-state index is 0.156. The quantitative estimate of drug-likeness (QED) is 0.656. The lowest BCUT2D eigenvalue weighted by molar-refractivity contribution is -0.143. The molecule has 15 heavy (non-hydrogen) atoms. The summed E-state index contributed by atoms with van der Waals surface area (Å²) < 4.78 is 5.11. The molecule has 0 amide bonds. The molecule has 1 fully saturated rings. The Morgan fingerprint density at radius 1 is 1.47 bits per heavy atom. The van der Waals surface area contributed by atoms with Crippen molar-refractivity contribution in [1.82, 2.24) is 4.90 Å². The molecule has 0 aromatic rings. The van der Waals surface area contributed by atoms with E-state index in [1.54, 1.807) is 0 Å². The topological polar surface area (TPSA) is 29.5 Å². The summed E-state index contributed by atoms with van der Waals surface area (Å²) in [6.07, 6.45) is 6.22. The van der Waals surface area contributed by atoms with Crippen LogP contribution in [0.25, 0.3) is 0 Å². The predicted octanol–water partition coefficient (Wildman–Crippen LogP) is 2.20. The summed E-state index contributed by atoms with van der Waals surface area (Å²) in [6.45, 7) is 6.61. The van der Waals surface area contributed by atoms with E-state index >= 15 is 0 Å². The van der Waals surface area contributed by atoms with Crippen molar-refractivity contribution in [3.05, 3.63) is 0 Å². The first-order valence-corrected chi connectivity index (χ1v) is 6.11. The lowest BCUT2D eigenvalue weighted by atomic mass is 10.0. The fourth-order valence-corrected chi connectivity index (χ4v) is 2.12. The van der Waals surface area contributed by atoms with Crippen molar-refractivity contribution < 1.29 is 9.53 Å². The molecule has 3 nitrogen and oxygen atoms in total. The van der Waals surface area contributed by atoms with Gasteiger partial charge in [0.25, 0.3) is 0 Å². The van der Waals surface area contributed by atoms with Crippen LogP contribution in [0.2, 0.25) is 0 Å². The van der Waals surface area contributed by atoms with Crippen molar-refractivity contribution >= 4 is 5.97 Å². The fourth-order valence-electron chi connectivity index (χ4n) is 2.12. The molecular weight excluding hydrogens is 190 g/mol. The number of piperidine rings is 1. The Bertz CT molecular complexity index is 194. The first-order chi connectivity index (χ1) is 7.24. The van der Waals surface area contributed by atoms with Crippen LogP contribution in [0.5, 0.6) is 0 Å². The monoisotopic (exact) mass is 213 g/mol. The zero-order valence-corrected chi connectivity index (χ0v) is 10.00. The maximum atomic E-state index is 10.8. The Labute approximate surface area is 92.8 Å². The molecule has 3 heteroatoms. The third-order valence-corrected chi connectivity index (χ3v) is 3.03. The van der Waals surface area contributed by atoms with Gasteiger partial charge in [0.15, 0.2) is 0 Å². The highest BCUT2D eigenvalue weighted by Gasteiger charge is 2.22. The van der Waals surface area contributed by atoms with Gasteiger partial charge < -0.3 is 4.74 Å². The van der Waals surface area contributed by atoms with Gasteiger partial charge in [0.1, 0.15) is 6.61 Å². The lowest BCUT2D eigenvalue weighted by Gasteiger charge is -2.35. The number of likely N-dealkylation sites (tertiary alicyclic amines) is 1. The van der Waals surface area contributed by atoms with Crippen molar-refractivity contribution in [3.8, 4) is 0 Å². The van der Waals surface area contributed by atoms with Crippen LogP contribution >= 0.6 is 0 Å². The summed E-state index contributed by atoms with van der Waals surface area (Å²) in [7, 11) is 0. The smallest absolute Gasteiger partial charge is 0.302 e. The Morgan fingerprint density at radius 2 is 2.27 bits per heavy atom. The Kier molecular flexibility index (Phi) is 5.69. The van der Waals surface area contributed by atoms with Crippen LogP contribution in [-0.2, 0) is 9.53 Å². The largest absolute Gasteiger partial charge is 0.464 e. The molecule has 0 radical (unpaired) electrons. The highest BCUT2D eigenvalue weighted by atomic mass is 16.5. The van der Waals surface area contributed by atoms with Gasteiger partial charge in [0.05, 0.1) is 0 Å². The molecule has 1 aliphatic rings. The van der Waals surface area contributed by atoms with Crippen LogP contribution in [-0.4, -0.2) is 36.6 Å². The van der Waals surface area contributed by atoms with E-state index in [4.69, 9.17) is 4.74 Å². The summed E-state index contributed by atoms with van der Waals surface area (Å²) >= 11 is 0. The average Bonchev–Trinajstić information content (AvgIpc) is 2.24. The van der Waals surface area contributed by atoms with E-state index in [9.17, 15) is 4.79 Å². The maximum absolute atomic E-state index is 10.8. The summed E-state index contributed by atoms with van der Waals surface area (Å²) in [5.74, 6) is -0.156. The van der Waals surface area contributed by atoms with E-state index in [0.29, 0.717) is 12.6 Å². The van der Waals surface area contributed by atoms with Gasteiger partial charge in [-0.1, -0.05) is 19.8 Å². The van der Waals surface area contributed by atoms with Crippen LogP contribution < -0.4 is 0 Å². The summed E-state index contributed by atoms with van der Waals surface area (Å²) in [4.78, 5) is 13.2. The van der Waals surface area contributed by atoms with Crippen molar-refractivity contribution in [2.45, 2.75) is 52.0 Å². The van der Waals surface area contributed by atoms with E-state index in [-0.39, 0.29) is 5.97 Å². The summed E-state index contributed by atoms with van der Waals surface area (Å²) in [5, 5.41) is 0. The zero-order chi connectivity index (χ0) is 11.1. The highest BCUT2D eigenvalue weighted by Crippen LogP contribution is 2.17. The van der Waals surface area contributed by atoms with Crippen molar-refractivity contribution in [2.24, 2.45) is 0 Å². The molecule has 1 rings (SSSR count). The van der Waals surface area contributed by atoms with Gasteiger partial charge in [-0.3, -0.25) is 9.69 Å². The van der Waals surface area contributed by atoms with Crippen LogP contribution in [0.3, 0.4) is 0 Å². The van der Waals surface area contributed by atoms with Crippen LogP contribution in [0.4, 0.5) is 0 Å². The van der Waals surface area contributed by atoms with Crippen molar-refractivity contribution in [1.29, 1.82) is 0 Å². The molecule has 1 atom stereocenters. The number of nitrogens with zero attached hydrogens (tertiary/aromatic N) is 1. The van der Waals surface area contributed by atoms with Crippen LogP contribution in [0.1, 0.15) is 46.0 Å². The number of hydrogen-bond acceptors (Lipinski definition) is 3. The van der Waals surface area contributed by atoms with Crippen LogP contribution in [0, 0.1) is 0 Å². The number of hydrogen-bond donors (Lipinski definition) is 0. The van der Waals surface area contributed by atoms with E-state index in [1.165, 1.54) is 45.6 Å². The number of carbonyl (C=O) groups is 1. The molecule has 1 unspecified atom stereocenters. The lowest BCUT2D eigenvalue weighted by Crippen LogP contribution is -2.43. The molecule has 1 saturated heterocycles. The SMILES string of the molecule is CCCCN1CCCCC1COC(C)=O. The second-order valence-corrected chi connectivity index (χ2v) is 4.34. The predicted molar refractivity (Wildman–Crippen MR) is 60.8 cm³/mol. The molecular formula is C12H23NO2. The number of ether oxygens (including phenoxy) is 1. The molecule has 0 spiro atoms. The molecule has 0 saturated carbocycles. The Hall–Kier alpha value is -0.570. The zero-order valence-electron chi connectivity index (χ0n) is 10.00. The van der Waals surface area contributed by atoms with Gasteiger partial charge in [-0.2, -0.15) is 0 Å².